The minimum atomic E-state index is -0.739. The largest absolute Gasteiger partial charge is 0.303 e. The summed E-state index contributed by atoms with van der Waals surface area (Å²) in [6.07, 6.45) is 4.38. The molecule has 0 bridgehead atoms. The second-order valence-corrected chi connectivity index (χ2v) is 6.65. The van der Waals surface area contributed by atoms with Crippen molar-refractivity contribution in [3.8, 4) is 10.6 Å². The molecule has 2 aromatic heterocycles. The van der Waals surface area contributed by atoms with E-state index in [9.17, 15) is 13.6 Å². The van der Waals surface area contributed by atoms with Gasteiger partial charge in [-0.05, 0) is 12.3 Å². The number of hydrogen-bond donors (Lipinski definition) is 0. The van der Waals surface area contributed by atoms with Gasteiger partial charge in [-0.1, -0.05) is 18.3 Å². The lowest BCUT2D eigenvalue weighted by Gasteiger charge is -2.18. The van der Waals surface area contributed by atoms with E-state index in [1.54, 1.807) is 18.7 Å². The van der Waals surface area contributed by atoms with Gasteiger partial charge >= 0.3 is 0 Å². The first-order valence-electron chi connectivity index (χ1n) is 6.47. The summed E-state index contributed by atoms with van der Waals surface area (Å²) in [6, 6.07) is 1.23. The van der Waals surface area contributed by atoms with Crippen LogP contribution in [0.5, 0.6) is 0 Å². The highest BCUT2D eigenvalue weighted by atomic mass is 32.2. The Kier molecular flexibility index (Phi) is 5.47. The molecule has 0 aliphatic heterocycles. The van der Waals surface area contributed by atoms with Crippen molar-refractivity contribution in [3.63, 3.8) is 0 Å². The van der Waals surface area contributed by atoms with Crippen LogP contribution in [-0.4, -0.2) is 34.9 Å². The molecule has 4 nitrogen and oxygen atoms in total. The Labute approximate surface area is 135 Å². The molecule has 0 N–H and O–H groups in total. The zero-order valence-electron chi connectivity index (χ0n) is 12.3. The molecule has 22 heavy (non-hydrogen) atoms. The number of rotatable bonds is 5. The third kappa shape index (κ3) is 3.61. The van der Waals surface area contributed by atoms with Crippen LogP contribution in [0.25, 0.3) is 10.6 Å². The minimum Gasteiger partial charge on any atom is -0.303 e. The maximum Gasteiger partial charge on any atom is 0.248 e. The van der Waals surface area contributed by atoms with E-state index in [1.165, 1.54) is 24.2 Å². The van der Waals surface area contributed by atoms with Gasteiger partial charge in [-0.25, -0.2) is 9.37 Å². The molecule has 0 radical (unpaired) electrons. The van der Waals surface area contributed by atoms with Crippen LogP contribution in [0.15, 0.2) is 18.5 Å². The Morgan fingerprint density at radius 3 is 2.82 bits per heavy atom. The topological polar surface area (TPSA) is 46.1 Å². The van der Waals surface area contributed by atoms with E-state index in [0.717, 1.165) is 17.5 Å². The molecule has 2 heterocycles. The summed E-state index contributed by atoms with van der Waals surface area (Å²) in [6.45, 7) is 1.80. The van der Waals surface area contributed by atoms with Crippen molar-refractivity contribution in [1.29, 1.82) is 0 Å². The molecule has 0 saturated carbocycles. The van der Waals surface area contributed by atoms with E-state index in [-0.39, 0.29) is 21.8 Å². The monoisotopic (exact) mass is 343 g/mol. The van der Waals surface area contributed by atoms with Crippen LogP contribution in [0.4, 0.5) is 13.8 Å². The number of hydrogen-bond acceptors (Lipinski definition) is 5. The highest BCUT2D eigenvalue weighted by molar-refractivity contribution is 7.98. The third-order valence-electron chi connectivity index (χ3n) is 2.99. The van der Waals surface area contributed by atoms with Gasteiger partial charge in [0.25, 0.3) is 0 Å². The third-order valence-corrected chi connectivity index (χ3v) is 4.98. The van der Waals surface area contributed by atoms with Gasteiger partial charge in [0.2, 0.25) is 11.9 Å². The summed E-state index contributed by atoms with van der Waals surface area (Å²) in [5, 5.41) is 0.411. The highest BCUT2D eigenvalue weighted by Crippen LogP contribution is 2.33. The number of anilines is 1. The van der Waals surface area contributed by atoms with Gasteiger partial charge in [-0.15, -0.1) is 0 Å². The van der Waals surface area contributed by atoms with Crippen molar-refractivity contribution in [2.75, 3.05) is 24.0 Å². The lowest BCUT2D eigenvalue weighted by Crippen LogP contribution is -2.32. The summed E-state index contributed by atoms with van der Waals surface area (Å²) in [7, 11) is 1.52. The van der Waals surface area contributed by atoms with E-state index in [2.05, 4.69) is 9.97 Å². The smallest absolute Gasteiger partial charge is 0.248 e. The fourth-order valence-corrected chi connectivity index (χ4v) is 3.44. The summed E-state index contributed by atoms with van der Waals surface area (Å²) in [5.41, 5.74) is 0.383. The van der Waals surface area contributed by atoms with E-state index >= 15 is 0 Å². The quantitative estimate of drug-likeness (QED) is 0.834. The minimum absolute atomic E-state index is 0.122. The molecule has 0 fully saturated rings. The average molecular weight is 343 g/mol. The first kappa shape index (κ1) is 16.8. The number of thioether (sulfide) groups is 1. The molecule has 8 heteroatoms. The number of pyridine rings is 1. The molecule has 2 aromatic rings. The zero-order chi connectivity index (χ0) is 16.3. The fourth-order valence-electron chi connectivity index (χ4n) is 1.90. The number of thiazole rings is 1. The van der Waals surface area contributed by atoms with Crippen molar-refractivity contribution >= 4 is 34.0 Å². The predicted octanol–water partition coefficient (Wildman–Crippen LogP) is 3.45. The van der Waals surface area contributed by atoms with Crippen molar-refractivity contribution in [2.24, 2.45) is 5.92 Å². The number of amides is 1. The van der Waals surface area contributed by atoms with Gasteiger partial charge in [-0.3, -0.25) is 9.78 Å². The Hall–Kier alpha value is -1.54. The number of halogens is 2. The first-order chi connectivity index (χ1) is 10.4. The molecular weight excluding hydrogens is 328 g/mol. The molecule has 1 atom stereocenters. The van der Waals surface area contributed by atoms with Gasteiger partial charge in [0, 0.05) is 30.5 Å². The molecule has 0 aliphatic carbocycles. The Morgan fingerprint density at radius 2 is 2.18 bits per heavy atom. The van der Waals surface area contributed by atoms with Crippen LogP contribution in [-0.2, 0) is 4.79 Å². The predicted molar refractivity (Wildman–Crippen MR) is 86.2 cm³/mol. The summed E-state index contributed by atoms with van der Waals surface area (Å²) in [4.78, 5) is 21.0. The van der Waals surface area contributed by atoms with Crippen LogP contribution >= 0.6 is 23.1 Å². The van der Waals surface area contributed by atoms with Crippen molar-refractivity contribution in [1.82, 2.24) is 9.97 Å². The molecular formula is C14H15F2N3OS2. The number of carbonyl (C=O) groups excluding carboxylic acids is 1. The summed E-state index contributed by atoms with van der Waals surface area (Å²) >= 11 is 2.55. The van der Waals surface area contributed by atoms with Gasteiger partial charge in [-0.2, -0.15) is 16.2 Å². The number of nitrogens with zero attached hydrogens (tertiary/aromatic N) is 3. The normalized spacial score (nSPS) is 12.2. The van der Waals surface area contributed by atoms with E-state index in [0.29, 0.717) is 11.3 Å². The lowest BCUT2D eigenvalue weighted by atomic mass is 10.2. The Bertz CT molecular complexity index is 678. The number of aromatic nitrogens is 2. The van der Waals surface area contributed by atoms with Gasteiger partial charge < -0.3 is 4.90 Å². The standard InChI is InChI=1S/C14H15F2N3OS2/c1-8(7-21-3)13(20)19(2)14-11(16)18-12(22-14)9-4-10(15)6-17-5-9/h4-6,8H,7H2,1-3H3. The maximum absolute atomic E-state index is 14.0. The van der Waals surface area contributed by atoms with Crippen molar-refractivity contribution < 1.29 is 13.6 Å². The molecule has 2 rings (SSSR count). The maximum atomic E-state index is 14.0. The van der Waals surface area contributed by atoms with Crippen molar-refractivity contribution in [3.05, 3.63) is 30.2 Å². The summed E-state index contributed by atoms with van der Waals surface area (Å²) in [5.74, 6) is -1.00. The average Bonchev–Trinajstić information content (AvgIpc) is 2.88. The van der Waals surface area contributed by atoms with Crippen LogP contribution in [0.2, 0.25) is 0 Å². The molecule has 0 aromatic carbocycles. The molecule has 1 unspecified atom stereocenters. The second kappa shape index (κ2) is 7.15. The van der Waals surface area contributed by atoms with Crippen LogP contribution in [0, 0.1) is 17.7 Å². The van der Waals surface area contributed by atoms with Crippen LogP contribution in [0.1, 0.15) is 6.92 Å². The van der Waals surface area contributed by atoms with Gasteiger partial charge in [0.15, 0.2) is 5.00 Å². The van der Waals surface area contributed by atoms with Gasteiger partial charge in [0.1, 0.15) is 10.8 Å². The van der Waals surface area contributed by atoms with Crippen LogP contribution in [0.3, 0.4) is 0 Å². The van der Waals surface area contributed by atoms with Gasteiger partial charge in [0.05, 0.1) is 6.20 Å². The molecule has 118 valence electrons. The zero-order valence-corrected chi connectivity index (χ0v) is 14.0. The fraction of sp³-hybridized carbons (Fsp3) is 0.357. The number of carbonyl (C=O) groups is 1. The molecule has 1 amide bonds. The molecule has 0 spiro atoms. The highest BCUT2D eigenvalue weighted by Gasteiger charge is 2.24. The molecule has 0 aliphatic rings. The summed E-state index contributed by atoms with van der Waals surface area (Å²) < 4.78 is 27.2. The Morgan fingerprint density at radius 1 is 1.45 bits per heavy atom. The van der Waals surface area contributed by atoms with E-state index in [1.807, 2.05) is 6.26 Å². The SMILES string of the molecule is CSCC(C)C(=O)N(C)c1sc(-c2cncc(F)c2)nc1F. The van der Waals surface area contributed by atoms with Crippen LogP contribution < -0.4 is 4.90 Å². The second-order valence-electron chi connectivity index (χ2n) is 4.76. The van der Waals surface area contributed by atoms with E-state index in [4.69, 9.17) is 0 Å². The Balaban J connectivity index is 2.28. The lowest BCUT2D eigenvalue weighted by molar-refractivity contribution is -0.120. The van der Waals surface area contributed by atoms with E-state index < -0.39 is 11.8 Å². The van der Waals surface area contributed by atoms with Crippen molar-refractivity contribution in [2.45, 2.75) is 6.92 Å². The first-order valence-corrected chi connectivity index (χ1v) is 8.68. The molecule has 0 saturated heterocycles.